The van der Waals surface area contributed by atoms with Crippen molar-refractivity contribution in [1.82, 2.24) is 4.31 Å². The average molecular weight is 412 g/mol. The molecule has 0 saturated heterocycles. The number of rotatable bonds is 9. The molecule has 0 bridgehead atoms. The second-order valence-electron chi connectivity index (χ2n) is 6.98. The molecular formula is C20H26ClNO4S. The van der Waals surface area contributed by atoms with Crippen LogP contribution in [0.1, 0.15) is 33.0 Å². The van der Waals surface area contributed by atoms with Gasteiger partial charge in [-0.1, -0.05) is 31.0 Å². The molecule has 148 valence electrons. The molecule has 0 radical (unpaired) electrons. The maximum atomic E-state index is 13.3. The van der Waals surface area contributed by atoms with E-state index in [2.05, 4.69) is 0 Å². The van der Waals surface area contributed by atoms with Crippen molar-refractivity contribution in [2.24, 2.45) is 5.92 Å². The van der Waals surface area contributed by atoms with E-state index in [1.165, 1.54) is 16.4 Å². The van der Waals surface area contributed by atoms with E-state index < -0.39 is 16.1 Å². The number of hydrogen-bond acceptors (Lipinski definition) is 4. The van der Waals surface area contributed by atoms with Crippen LogP contribution < -0.4 is 0 Å². The Morgan fingerprint density at radius 1 is 1.26 bits per heavy atom. The second kappa shape index (κ2) is 9.55. The van der Waals surface area contributed by atoms with Gasteiger partial charge in [0.1, 0.15) is 5.76 Å². The van der Waals surface area contributed by atoms with E-state index in [1.807, 2.05) is 20.8 Å². The summed E-state index contributed by atoms with van der Waals surface area (Å²) >= 11 is 5.90. The van der Waals surface area contributed by atoms with Gasteiger partial charge in [0.05, 0.1) is 17.8 Å². The van der Waals surface area contributed by atoms with Crippen LogP contribution in [0.4, 0.5) is 0 Å². The average Bonchev–Trinajstić information content (AvgIpc) is 3.10. The number of benzene rings is 1. The van der Waals surface area contributed by atoms with E-state index in [4.69, 9.17) is 16.0 Å². The lowest BCUT2D eigenvalue weighted by molar-refractivity contribution is 0.173. The quantitative estimate of drug-likeness (QED) is 0.662. The Morgan fingerprint density at radius 2 is 1.93 bits per heavy atom. The monoisotopic (exact) mass is 411 g/mol. The van der Waals surface area contributed by atoms with Crippen LogP contribution in [0.5, 0.6) is 0 Å². The van der Waals surface area contributed by atoms with Gasteiger partial charge in [-0.15, -0.1) is 0 Å². The van der Waals surface area contributed by atoms with E-state index in [0.717, 1.165) is 5.57 Å². The summed E-state index contributed by atoms with van der Waals surface area (Å²) in [5.41, 5.74) is 0.810. The normalized spacial score (nSPS) is 14.1. The van der Waals surface area contributed by atoms with E-state index >= 15 is 0 Å². The van der Waals surface area contributed by atoms with Crippen molar-refractivity contribution in [3.63, 3.8) is 0 Å². The molecule has 0 aliphatic rings. The van der Waals surface area contributed by atoms with Gasteiger partial charge in [0.15, 0.2) is 0 Å². The number of nitrogens with zero attached hydrogens (tertiary/aromatic N) is 1. The zero-order valence-electron chi connectivity index (χ0n) is 15.8. The van der Waals surface area contributed by atoms with Crippen molar-refractivity contribution in [3.05, 3.63) is 59.0 Å². The Morgan fingerprint density at radius 3 is 2.44 bits per heavy atom. The number of halogens is 1. The largest absolute Gasteiger partial charge is 0.465 e. The number of hydrogen-bond donors (Lipinski definition) is 1. The summed E-state index contributed by atoms with van der Waals surface area (Å²) in [7, 11) is -3.81. The molecule has 1 N–H and O–H groups in total. The molecular weight excluding hydrogens is 386 g/mol. The first-order valence-corrected chi connectivity index (χ1v) is 10.6. The predicted molar refractivity (Wildman–Crippen MR) is 108 cm³/mol. The predicted octanol–water partition coefficient (Wildman–Crippen LogP) is 4.43. The van der Waals surface area contributed by atoms with E-state index in [1.54, 1.807) is 36.6 Å². The fraction of sp³-hybridized carbons (Fsp3) is 0.400. The van der Waals surface area contributed by atoms with Gasteiger partial charge < -0.3 is 9.52 Å². The van der Waals surface area contributed by atoms with Crippen molar-refractivity contribution in [2.45, 2.75) is 38.1 Å². The smallest absolute Gasteiger partial charge is 0.243 e. The van der Waals surface area contributed by atoms with Gasteiger partial charge in [-0.25, -0.2) is 8.42 Å². The molecule has 0 amide bonds. The van der Waals surface area contributed by atoms with Crippen LogP contribution in [-0.4, -0.2) is 37.0 Å². The van der Waals surface area contributed by atoms with Crippen LogP contribution in [0, 0.1) is 5.92 Å². The summed E-state index contributed by atoms with van der Waals surface area (Å²) in [5.74, 6) is 0.889. The molecule has 1 heterocycles. The van der Waals surface area contributed by atoms with Crippen LogP contribution in [0.15, 0.2) is 57.5 Å². The van der Waals surface area contributed by atoms with Crippen molar-refractivity contribution in [2.75, 3.05) is 13.2 Å². The van der Waals surface area contributed by atoms with Crippen LogP contribution in [0.3, 0.4) is 0 Å². The molecule has 27 heavy (non-hydrogen) atoms. The lowest BCUT2D eigenvalue weighted by atomic mass is 10.0. The molecule has 0 unspecified atom stereocenters. The van der Waals surface area contributed by atoms with E-state index in [9.17, 15) is 13.5 Å². The topological polar surface area (TPSA) is 70.8 Å². The summed E-state index contributed by atoms with van der Waals surface area (Å²) in [5, 5.41) is 10.4. The third-order valence-electron chi connectivity index (χ3n) is 4.12. The Balaban J connectivity index is 2.40. The van der Waals surface area contributed by atoms with Gasteiger partial charge in [-0.3, -0.25) is 0 Å². The molecule has 5 nitrogen and oxygen atoms in total. The highest BCUT2D eigenvalue weighted by Crippen LogP contribution is 2.25. The number of aliphatic hydroxyl groups is 1. The number of aliphatic hydroxyl groups excluding tert-OH is 1. The number of furan rings is 1. The molecule has 1 aromatic heterocycles. The molecule has 1 atom stereocenters. The lowest BCUT2D eigenvalue weighted by Gasteiger charge is -2.31. The van der Waals surface area contributed by atoms with Gasteiger partial charge >= 0.3 is 0 Å². The zero-order chi connectivity index (χ0) is 20.0. The standard InChI is InChI=1S/C20H26ClNO4S/c1-15(2)11-18(14-23)22(13-16(3)12-19-5-4-10-26-19)27(24,25)20-8-6-17(21)7-9-20/h4-10,12,15,18,23H,11,13-14H2,1-3H3/b16-12+/t18-/m1/s1. The van der Waals surface area contributed by atoms with Crippen molar-refractivity contribution < 1.29 is 17.9 Å². The first kappa shape index (κ1) is 21.7. The van der Waals surface area contributed by atoms with Gasteiger partial charge in [0.2, 0.25) is 10.0 Å². The van der Waals surface area contributed by atoms with Gasteiger partial charge in [0, 0.05) is 17.6 Å². The van der Waals surface area contributed by atoms with E-state index in [0.29, 0.717) is 17.2 Å². The summed E-state index contributed by atoms with van der Waals surface area (Å²) < 4.78 is 33.2. The van der Waals surface area contributed by atoms with Crippen LogP contribution in [-0.2, 0) is 10.0 Å². The molecule has 0 aliphatic carbocycles. The molecule has 0 aliphatic heterocycles. The summed E-state index contributed by atoms with van der Waals surface area (Å²) in [6.07, 6.45) is 3.92. The Labute approximate surface area is 166 Å². The maximum Gasteiger partial charge on any atom is 0.243 e. The maximum absolute atomic E-state index is 13.3. The third-order valence-corrected chi connectivity index (χ3v) is 6.28. The molecule has 1 aromatic carbocycles. The fourth-order valence-corrected chi connectivity index (χ4v) is 4.68. The van der Waals surface area contributed by atoms with E-state index in [-0.39, 0.29) is 24.0 Å². The zero-order valence-corrected chi connectivity index (χ0v) is 17.4. The lowest BCUT2D eigenvalue weighted by Crippen LogP contribution is -2.44. The van der Waals surface area contributed by atoms with Crippen LogP contribution in [0.25, 0.3) is 6.08 Å². The number of sulfonamides is 1. The minimum absolute atomic E-state index is 0.153. The Kier molecular flexibility index (Phi) is 7.68. The van der Waals surface area contributed by atoms with Crippen LogP contribution >= 0.6 is 11.6 Å². The molecule has 0 fully saturated rings. The van der Waals surface area contributed by atoms with Gasteiger partial charge in [-0.2, -0.15) is 4.31 Å². The minimum Gasteiger partial charge on any atom is -0.465 e. The van der Waals surface area contributed by atoms with Crippen molar-refractivity contribution in [3.8, 4) is 0 Å². The first-order valence-electron chi connectivity index (χ1n) is 8.83. The molecule has 0 spiro atoms. The highest BCUT2D eigenvalue weighted by atomic mass is 35.5. The third kappa shape index (κ3) is 5.94. The Bertz CT molecular complexity index is 843. The van der Waals surface area contributed by atoms with Gasteiger partial charge in [0.25, 0.3) is 0 Å². The molecule has 0 saturated carbocycles. The molecule has 2 aromatic rings. The van der Waals surface area contributed by atoms with Crippen molar-refractivity contribution in [1.29, 1.82) is 0 Å². The minimum atomic E-state index is -3.81. The highest BCUT2D eigenvalue weighted by Gasteiger charge is 2.31. The molecule has 2 rings (SSSR count). The molecule has 7 heteroatoms. The summed E-state index contributed by atoms with van der Waals surface area (Å²) in [6.45, 7) is 5.75. The first-order chi connectivity index (χ1) is 12.7. The summed E-state index contributed by atoms with van der Waals surface area (Å²) in [4.78, 5) is 0.153. The van der Waals surface area contributed by atoms with Gasteiger partial charge in [-0.05, 0) is 61.7 Å². The summed E-state index contributed by atoms with van der Waals surface area (Å²) in [6, 6.07) is 9.13. The fourth-order valence-electron chi connectivity index (χ4n) is 2.89. The van der Waals surface area contributed by atoms with Crippen molar-refractivity contribution >= 4 is 27.7 Å². The second-order valence-corrected chi connectivity index (χ2v) is 9.30. The SMILES string of the molecule is C/C(=C\c1ccco1)CN([C@@H](CO)CC(C)C)S(=O)(=O)c1ccc(Cl)cc1. The Hall–Kier alpha value is -1.60. The highest BCUT2D eigenvalue weighted by molar-refractivity contribution is 7.89. The van der Waals surface area contributed by atoms with Crippen LogP contribution in [0.2, 0.25) is 5.02 Å².